The molecular formula is C20H23ClN4. The van der Waals surface area contributed by atoms with Gasteiger partial charge in [-0.15, -0.1) is 0 Å². The molecule has 0 saturated carbocycles. The fraction of sp³-hybridized carbons (Fsp3) is 0.500. The van der Waals surface area contributed by atoms with Gasteiger partial charge in [-0.3, -0.25) is 0 Å². The molecule has 0 bridgehead atoms. The fourth-order valence-electron chi connectivity index (χ4n) is 5.10. The Morgan fingerprint density at radius 2 is 2.12 bits per heavy atom. The lowest BCUT2D eigenvalue weighted by Crippen LogP contribution is -2.34. The average molecular weight is 355 g/mol. The SMILES string of the molecule is C[C@@H]1CCc2ncnc(N3CC4(CCN(C)C4)c4cc(Cl)ccc43)c21. The molecule has 0 amide bonds. The second-order valence-electron chi connectivity index (χ2n) is 8.01. The minimum absolute atomic E-state index is 0.161. The van der Waals surface area contributed by atoms with Crippen molar-refractivity contribution < 1.29 is 0 Å². The van der Waals surface area contributed by atoms with Gasteiger partial charge in [0, 0.05) is 40.5 Å². The second-order valence-corrected chi connectivity index (χ2v) is 8.45. The summed E-state index contributed by atoms with van der Waals surface area (Å²) in [4.78, 5) is 14.2. The van der Waals surface area contributed by atoms with Crippen LogP contribution in [0, 0.1) is 0 Å². The smallest absolute Gasteiger partial charge is 0.140 e. The molecule has 0 radical (unpaired) electrons. The van der Waals surface area contributed by atoms with Gasteiger partial charge >= 0.3 is 0 Å². The minimum atomic E-state index is 0.161. The van der Waals surface area contributed by atoms with Crippen molar-refractivity contribution in [3.05, 3.63) is 46.4 Å². The molecule has 2 aliphatic heterocycles. The van der Waals surface area contributed by atoms with Crippen LogP contribution in [0.15, 0.2) is 24.5 Å². The van der Waals surface area contributed by atoms with Gasteiger partial charge in [0.1, 0.15) is 12.1 Å². The van der Waals surface area contributed by atoms with Gasteiger partial charge < -0.3 is 9.80 Å². The van der Waals surface area contributed by atoms with Gasteiger partial charge in [0.2, 0.25) is 0 Å². The van der Waals surface area contributed by atoms with E-state index in [9.17, 15) is 0 Å². The van der Waals surface area contributed by atoms with Crippen LogP contribution in [0.1, 0.15) is 42.5 Å². The molecule has 0 N–H and O–H groups in total. The number of anilines is 2. The highest BCUT2D eigenvalue weighted by molar-refractivity contribution is 6.30. The van der Waals surface area contributed by atoms with Gasteiger partial charge in [0.05, 0.1) is 0 Å². The highest BCUT2D eigenvalue weighted by Gasteiger charge is 2.48. The van der Waals surface area contributed by atoms with Gasteiger partial charge in [0.15, 0.2) is 0 Å². The molecule has 130 valence electrons. The van der Waals surface area contributed by atoms with Crippen molar-refractivity contribution in [1.29, 1.82) is 0 Å². The summed E-state index contributed by atoms with van der Waals surface area (Å²) in [6.07, 6.45) is 5.17. The largest absolute Gasteiger partial charge is 0.325 e. The highest BCUT2D eigenvalue weighted by atomic mass is 35.5. The number of hydrogen-bond acceptors (Lipinski definition) is 4. The molecule has 1 spiro atoms. The van der Waals surface area contributed by atoms with E-state index < -0.39 is 0 Å². The van der Waals surface area contributed by atoms with E-state index >= 15 is 0 Å². The zero-order chi connectivity index (χ0) is 17.2. The van der Waals surface area contributed by atoms with E-state index in [1.807, 2.05) is 6.07 Å². The molecular weight excluding hydrogens is 332 g/mol. The maximum Gasteiger partial charge on any atom is 0.140 e. The first kappa shape index (κ1) is 15.6. The summed E-state index contributed by atoms with van der Waals surface area (Å²) in [5.41, 5.74) is 5.42. The number of rotatable bonds is 1. The predicted octanol–water partition coefficient (Wildman–Crippen LogP) is 3.90. The van der Waals surface area contributed by atoms with Crippen LogP contribution in [-0.4, -0.2) is 41.5 Å². The molecule has 1 aliphatic carbocycles. The molecule has 25 heavy (non-hydrogen) atoms. The molecule has 1 aromatic heterocycles. The van der Waals surface area contributed by atoms with E-state index in [2.05, 4.69) is 40.9 Å². The molecule has 2 atom stereocenters. The lowest BCUT2D eigenvalue weighted by molar-refractivity contribution is 0.378. The zero-order valence-electron chi connectivity index (χ0n) is 14.8. The lowest BCUT2D eigenvalue weighted by atomic mass is 9.81. The number of fused-ring (bicyclic) bond motifs is 3. The number of benzene rings is 1. The quantitative estimate of drug-likeness (QED) is 0.777. The maximum atomic E-state index is 6.37. The third-order valence-corrected chi connectivity index (χ3v) is 6.57. The van der Waals surface area contributed by atoms with E-state index in [1.165, 1.54) is 35.3 Å². The predicted molar refractivity (Wildman–Crippen MR) is 101 cm³/mol. The Bertz CT molecular complexity index is 852. The van der Waals surface area contributed by atoms with Crippen LogP contribution in [0.3, 0.4) is 0 Å². The van der Waals surface area contributed by atoms with E-state index in [0.717, 1.165) is 36.9 Å². The van der Waals surface area contributed by atoms with Crippen LogP contribution < -0.4 is 4.90 Å². The standard InChI is InChI=1S/C20H23ClN4/c1-13-3-5-16-18(13)19(23-12-22-16)25-11-20(7-8-24(2)10-20)15-9-14(21)4-6-17(15)25/h4,6,9,12-13H,3,5,7-8,10-11H2,1-2H3/t13-,20?/m1/s1. The molecule has 4 nitrogen and oxygen atoms in total. The van der Waals surface area contributed by atoms with E-state index in [1.54, 1.807) is 6.33 Å². The summed E-state index contributed by atoms with van der Waals surface area (Å²) in [6, 6.07) is 6.37. The Hall–Kier alpha value is -1.65. The van der Waals surface area contributed by atoms with Gasteiger partial charge in [-0.25, -0.2) is 9.97 Å². The summed E-state index contributed by atoms with van der Waals surface area (Å²) < 4.78 is 0. The topological polar surface area (TPSA) is 32.3 Å². The van der Waals surface area contributed by atoms with E-state index in [-0.39, 0.29) is 5.41 Å². The van der Waals surface area contributed by atoms with Crippen molar-refractivity contribution in [3.8, 4) is 0 Å². The summed E-state index contributed by atoms with van der Waals surface area (Å²) in [6.45, 7) is 5.51. The van der Waals surface area contributed by atoms with Crippen LogP contribution in [0.25, 0.3) is 0 Å². The van der Waals surface area contributed by atoms with Crippen LogP contribution in [0.2, 0.25) is 5.02 Å². The Kier molecular flexibility index (Phi) is 3.38. The highest BCUT2D eigenvalue weighted by Crippen LogP contribution is 2.51. The molecule has 1 fully saturated rings. The van der Waals surface area contributed by atoms with E-state index in [4.69, 9.17) is 16.6 Å². The van der Waals surface area contributed by atoms with Gasteiger partial charge in [-0.05, 0) is 62.5 Å². The van der Waals surface area contributed by atoms with E-state index in [0.29, 0.717) is 5.92 Å². The number of aryl methyl sites for hydroxylation is 1. The molecule has 2 aromatic rings. The zero-order valence-corrected chi connectivity index (χ0v) is 15.6. The Balaban J connectivity index is 1.67. The fourth-order valence-corrected chi connectivity index (χ4v) is 5.27. The first-order valence-electron chi connectivity index (χ1n) is 9.17. The van der Waals surface area contributed by atoms with Crippen molar-refractivity contribution >= 4 is 23.1 Å². The molecule has 1 unspecified atom stereocenters. The van der Waals surface area contributed by atoms with Gasteiger partial charge in [-0.1, -0.05) is 18.5 Å². The molecule has 3 aliphatic rings. The van der Waals surface area contributed by atoms with Crippen LogP contribution in [0.5, 0.6) is 0 Å². The monoisotopic (exact) mass is 354 g/mol. The van der Waals surface area contributed by atoms with Crippen molar-refractivity contribution in [3.63, 3.8) is 0 Å². The number of aromatic nitrogens is 2. The van der Waals surface area contributed by atoms with Crippen LogP contribution in [0.4, 0.5) is 11.5 Å². The number of likely N-dealkylation sites (tertiary alicyclic amines) is 1. The average Bonchev–Trinajstić information content (AvgIpc) is 3.26. The Morgan fingerprint density at radius 3 is 2.92 bits per heavy atom. The Morgan fingerprint density at radius 1 is 1.24 bits per heavy atom. The van der Waals surface area contributed by atoms with Crippen molar-refractivity contribution in [2.24, 2.45) is 0 Å². The number of halogens is 1. The number of hydrogen-bond donors (Lipinski definition) is 0. The molecule has 1 aromatic carbocycles. The van der Waals surface area contributed by atoms with Gasteiger partial charge in [-0.2, -0.15) is 0 Å². The normalized spacial score (nSPS) is 28.0. The molecule has 1 saturated heterocycles. The van der Waals surface area contributed by atoms with Gasteiger partial charge in [0.25, 0.3) is 0 Å². The van der Waals surface area contributed by atoms with Crippen molar-refractivity contribution in [2.75, 3.05) is 31.6 Å². The lowest BCUT2D eigenvalue weighted by Gasteiger charge is -2.26. The number of nitrogens with zero attached hydrogens (tertiary/aromatic N) is 4. The minimum Gasteiger partial charge on any atom is -0.325 e. The van der Waals surface area contributed by atoms with Crippen LogP contribution in [-0.2, 0) is 11.8 Å². The van der Waals surface area contributed by atoms with Crippen molar-refractivity contribution in [1.82, 2.24) is 14.9 Å². The molecule has 5 rings (SSSR count). The third kappa shape index (κ3) is 2.24. The third-order valence-electron chi connectivity index (χ3n) is 6.33. The first-order valence-corrected chi connectivity index (χ1v) is 9.55. The summed E-state index contributed by atoms with van der Waals surface area (Å²) >= 11 is 6.37. The second kappa shape index (κ2) is 5.42. The number of likely N-dealkylation sites (N-methyl/N-ethyl adjacent to an activating group) is 1. The van der Waals surface area contributed by atoms with Crippen molar-refractivity contribution in [2.45, 2.75) is 37.5 Å². The molecule has 5 heteroatoms. The summed E-state index contributed by atoms with van der Waals surface area (Å²) in [5, 5.41) is 0.829. The first-order chi connectivity index (χ1) is 12.1. The maximum absolute atomic E-state index is 6.37. The molecule has 3 heterocycles. The summed E-state index contributed by atoms with van der Waals surface area (Å²) in [5.74, 6) is 1.65. The Labute approximate surface area is 153 Å². The summed E-state index contributed by atoms with van der Waals surface area (Å²) in [7, 11) is 2.21. The van der Waals surface area contributed by atoms with Crippen LogP contribution >= 0.6 is 11.6 Å².